The van der Waals surface area contributed by atoms with Gasteiger partial charge in [-0.25, -0.2) is 8.42 Å². The van der Waals surface area contributed by atoms with Gasteiger partial charge >= 0.3 is 0 Å². The van der Waals surface area contributed by atoms with E-state index in [1.165, 1.54) is 24.6 Å². The minimum absolute atomic E-state index is 0.125. The highest BCUT2D eigenvalue weighted by molar-refractivity contribution is 7.89. The second kappa shape index (κ2) is 8.33. The first-order valence-electron chi connectivity index (χ1n) is 6.78. The molecule has 21 heavy (non-hydrogen) atoms. The number of rotatable bonds is 9. The van der Waals surface area contributed by atoms with Crippen LogP contribution >= 0.6 is 0 Å². The summed E-state index contributed by atoms with van der Waals surface area (Å²) in [6.45, 7) is 2.64. The molecule has 6 nitrogen and oxygen atoms in total. The summed E-state index contributed by atoms with van der Waals surface area (Å²) in [6, 6.07) is 4.78. The van der Waals surface area contributed by atoms with Crippen molar-refractivity contribution in [3.8, 4) is 5.75 Å². The number of nitrogens with zero attached hydrogens (tertiary/aromatic N) is 1. The van der Waals surface area contributed by atoms with Crippen molar-refractivity contribution in [3.63, 3.8) is 0 Å². The van der Waals surface area contributed by atoms with Crippen molar-refractivity contribution in [2.75, 3.05) is 40.5 Å². The number of hydrogen-bond acceptors (Lipinski definition) is 5. The van der Waals surface area contributed by atoms with E-state index in [2.05, 4.69) is 0 Å². The van der Waals surface area contributed by atoms with Gasteiger partial charge in [0.2, 0.25) is 10.0 Å². The Bertz CT molecular complexity index is 544. The largest absolute Gasteiger partial charge is 0.497 e. The third kappa shape index (κ3) is 4.41. The monoisotopic (exact) mass is 317 g/mol. The van der Waals surface area contributed by atoms with Crippen molar-refractivity contribution in [2.24, 2.45) is 0 Å². The number of aliphatic hydroxyl groups is 1. The van der Waals surface area contributed by atoms with Crippen LogP contribution in [0, 0.1) is 0 Å². The lowest BCUT2D eigenvalue weighted by atomic mass is 10.1. The fourth-order valence-electron chi connectivity index (χ4n) is 2.03. The van der Waals surface area contributed by atoms with Gasteiger partial charge in [-0.1, -0.05) is 6.92 Å². The molecule has 0 radical (unpaired) electrons. The van der Waals surface area contributed by atoms with E-state index in [1.54, 1.807) is 19.1 Å². The predicted octanol–water partition coefficient (Wildman–Crippen LogP) is 0.887. The Morgan fingerprint density at radius 3 is 2.52 bits per heavy atom. The van der Waals surface area contributed by atoms with Crippen molar-refractivity contribution in [1.82, 2.24) is 4.31 Å². The fraction of sp³-hybridized carbons (Fsp3) is 0.571. The summed E-state index contributed by atoms with van der Waals surface area (Å²) in [6.07, 6.45) is 0.258. The van der Waals surface area contributed by atoms with E-state index in [0.717, 1.165) is 0 Å². The van der Waals surface area contributed by atoms with Crippen LogP contribution in [0.25, 0.3) is 0 Å². The minimum atomic E-state index is -3.61. The maximum Gasteiger partial charge on any atom is 0.243 e. The number of likely N-dealkylation sites (N-methyl/N-ethyl adjacent to an activating group) is 1. The quantitative estimate of drug-likeness (QED) is 0.732. The first-order chi connectivity index (χ1) is 10.0. The molecule has 0 bridgehead atoms. The topological polar surface area (TPSA) is 76.1 Å². The Labute approximate surface area is 126 Å². The van der Waals surface area contributed by atoms with Crippen molar-refractivity contribution in [2.45, 2.75) is 18.2 Å². The standard InChI is InChI=1S/C14H23NO5S/c1-4-15(8-10-19-2)21(17,18)14-6-5-13(20-3)11-12(14)7-9-16/h5-6,11,16H,4,7-10H2,1-3H3. The molecule has 0 aliphatic carbocycles. The molecular formula is C14H23NO5S. The lowest BCUT2D eigenvalue weighted by molar-refractivity contribution is 0.180. The summed E-state index contributed by atoms with van der Waals surface area (Å²) in [5.41, 5.74) is 0.549. The van der Waals surface area contributed by atoms with Crippen LogP contribution in [0.3, 0.4) is 0 Å². The van der Waals surface area contributed by atoms with Crippen LogP contribution in [-0.4, -0.2) is 58.4 Å². The van der Waals surface area contributed by atoms with Crippen LogP contribution in [0.5, 0.6) is 5.75 Å². The van der Waals surface area contributed by atoms with E-state index in [0.29, 0.717) is 31.0 Å². The number of benzene rings is 1. The molecule has 1 rings (SSSR count). The molecule has 1 N–H and O–H groups in total. The van der Waals surface area contributed by atoms with E-state index in [1.807, 2.05) is 0 Å². The Morgan fingerprint density at radius 2 is 2.00 bits per heavy atom. The van der Waals surface area contributed by atoms with Gasteiger partial charge in [-0.3, -0.25) is 0 Å². The van der Waals surface area contributed by atoms with Crippen LogP contribution < -0.4 is 4.74 Å². The molecular weight excluding hydrogens is 294 g/mol. The molecule has 0 aliphatic heterocycles. The zero-order valence-electron chi connectivity index (χ0n) is 12.7. The Kier molecular flexibility index (Phi) is 7.10. The second-order valence-electron chi connectivity index (χ2n) is 4.44. The SMILES string of the molecule is CCN(CCOC)S(=O)(=O)c1ccc(OC)cc1CCO. The highest BCUT2D eigenvalue weighted by Crippen LogP contribution is 2.25. The highest BCUT2D eigenvalue weighted by atomic mass is 32.2. The molecule has 120 valence electrons. The minimum Gasteiger partial charge on any atom is -0.497 e. The zero-order chi connectivity index (χ0) is 15.9. The molecule has 0 unspecified atom stereocenters. The molecule has 0 saturated carbocycles. The van der Waals surface area contributed by atoms with Crippen molar-refractivity contribution < 1.29 is 23.0 Å². The lowest BCUT2D eigenvalue weighted by Gasteiger charge is -2.22. The molecule has 0 saturated heterocycles. The van der Waals surface area contributed by atoms with Gasteiger partial charge in [-0.05, 0) is 30.2 Å². The van der Waals surface area contributed by atoms with Crippen LogP contribution in [0.2, 0.25) is 0 Å². The van der Waals surface area contributed by atoms with Gasteiger partial charge in [-0.15, -0.1) is 0 Å². The van der Waals surface area contributed by atoms with E-state index < -0.39 is 10.0 Å². The summed E-state index contributed by atoms with van der Waals surface area (Å²) in [5, 5.41) is 9.14. The van der Waals surface area contributed by atoms with Crippen molar-refractivity contribution in [1.29, 1.82) is 0 Å². The van der Waals surface area contributed by atoms with E-state index in [-0.39, 0.29) is 17.9 Å². The first kappa shape index (κ1) is 17.9. The average molecular weight is 317 g/mol. The van der Waals surface area contributed by atoms with Crippen LogP contribution in [0.4, 0.5) is 0 Å². The van der Waals surface area contributed by atoms with Crippen LogP contribution in [0.1, 0.15) is 12.5 Å². The molecule has 0 fully saturated rings. The number of ether oxygens (including phenoxy) is 2. The summed E-state index contributed by atoms with van der Waals surface area (Å²) in [5.74, 6) is 0.567. The van der Waals surface area contributed by atoms with E-state index >= 15 is 0 Å². The van der Waals surface area contributed by atoms with Gasteiger partial charge in [0, 0.05) is 26.8 Å². The van der Waals surface area contributed by atoms with Gasteiger partial charge in [0.1, 0.15) is 5.75 Å². The number of aliphatic hydroxyl groups excluding tert-OH is 1. The highest BCUT2D eigenvalue weighted by Gasteiger charge is 2.25. The smallest absolute Gasteiger partial charge is 0.243 e. The Morgan fingerprint density at radius 1 is 1.29 bits per heavy atom. The van der Waals surface area contributed by atoms with Crippen LogP contribution in [-0.2, 0) is 21.2 Å². The fourth-order valence-corrected chi connectivity index (χ4v) is 3.70. The van der Waals surface area contributed by atoms with Crippen molar-refractivity contribution in [3.05, 3.63) is 23.8 Å². The molecule has 0 heterocycles. The molecule has 0 aromatic heterocycles. The number of methoxy groups -OCH3 is 2. The maximum absolute atomic E-state index is 12.7. The lowest BCUT2D eigenvalue weighted by Crippen LogP contribution is -2.34. The summed E-state index contributed by atoms with van der Waals surface area (Å²) in [7, 11) is -0.565. The van der Waals surface area contributed by atoms with Gasteiger partial charge in [0.05, 0.1) is 18.6 Å². The van der Waals surface area contributed by atoms with Gasteiger partial charge < -0.3 is 14.6 Å². The Hall–Kier alpha value is -1.15. The third-order valence-corrected chi connectivity index (χ3v) is 5.24. The predicted molar refractivity (Wildman–Crippen MR) is 80.1 cm³/mol. The molecule has 0 atom stereocenters. The Balaban J connectivity index is 3.22. The molecule has 1 aromatic rings. The molecule has 1 aromatic carbocycles. The second-order valence-corrected chi connectivity index (χ2v) is 6.34. The van der Waals surface area contributed by atoms with Gasteiger partial charge in [-0.2, -0.15) is 4.31 Å². The number of sulfonamides is 1. The number of hydrogen-bond donors (Lipinski definition) is 1. The van der Waals surface area contributed by atoms with Gasteiger partial charge in [0.15, 0.2) is 0 Å². The normalized spacial score (nSPS) is 11.9. The van der Waals surface area contributed by atoms with E-state index in [9.17, 15) is 8.42 Å². The summed E-state index contributed by atoms with van der Waals surface area (Å²) >= 11 is 0. The van der Waals surface area contributed by atoms with E-state index in [4.69, 9.17) is 14.6 Å². The molecule has 7 heteroatoms. The molecule has 0 spiro atoms. The summed E-state index contributed by atoms with van der Waals surface area (Å²) < 4.78 is 36.8. The maximum atomic E-state index is 12.7. The first-order valence-corrected chi connectivity index (χ1v) is 8.22. The molecule has 0 amide bonds. The zero-order valence-corrected chi connectivity index (χ0v) is 13.5. The average Bonchev–Trinajstić information content (AvgIpc) is 2.47. The van der Waals surface area contributed by atoms with Crippen molar-refractivity contribution >= 4 is 10.0 Å². The molecule has 0 aliphatic rings. The van der Waals surface area contributed by atoms with Gasteiger partial charge in [0.25, 0.3) is 0 Å². The third-order valence-electron chi connectivity index (χ3n) is 3.16. The summed E-state index contributed by atoms with van der Waals surface area (Å²) in [4.78, 5) is 0.204. The van der Waals surface area contributed by atoms with Crippen LogP contribution in [0.15, 0.2) is 23.1 Å².